The highest BCUT2D eigenvalue weighted by molar-refractivity contribution is 7.10. The lowest BCUT2D eigenvalue weighted by Crippen LogP contribution is -2.32. The molecular weight excluding hydrogens is 724 g/mol. The molecule has 0 bridgehead atoms. The number of carboxylic acid groups (broad SMARTS) is 1. The van der Waals surface area contributed by atoms with Gasteiger partial charge in [0.05, 0.1) is 45.2 Å². The molecule has 14 atom stereocenters. The fraction of sp³-hybridized carbons (Fsp3) is 0.897. The number of rotatable bonds is 11. The number of carbonyl (C=O) groups excluding carboxylic acids is 2. The number of hydrogen-bond donors (Lipinski definition) is 6. The largest absolute Gasteiger partial charge is 0.481 e. The first-order valence-corrected chi connectivity index (χ1v) is 17.2. The predicted octanol–water partition coefficient (Wildman–Crippen LogP) is -2.29. The van der Waals surface area contributed by atoms with E-state index in [9.17, 15) is 19.5 Å². The first kappa shape index (κ1) is 53.2. The summed E-state index contributed by atoms with van der Waals surface area (Å²) >= 11 is 0. The molecule has 4 aliphatic heterocycles. The van der Waals surface area contributed by atoms with Crippen LogP contribution in [0.4, 0.5) is 0 Å². The van der Waals surface area contributed by atoms with Crippen molar-refractivity contribution >= 4 is 68.2 Å². The second-order valence-electron chi connectivity index (χ2n) is 11.3. The molecule has 2 unspecified atom stereocenters. The molecule has 0 aromatic rings. The zero-order valence-corrected chi connectivity index (χ0v) is 31.3. The first-order chi connectivity index (χ1) is 24.1. The Labute approximate surface area is 316 Å². The van der Waals surface area contributed by atoms with Gasteiger partial charge >= 0.3 is 17.9 Å². The van der Waals surface area contributed by atoms with E-state index in [0.717, 1.165) is 0 Å². The minimum atomic E-state index is -0.745. The van der Waals surface area contributed by atoms with E-state index in [1.165, 1.54) is 0 Å². The van der Waals surface area contributed by atoms with E-state index in [1.54, 1.807) is 13.8 Å². The van der Waals surface area contributed by atoms with Crippen LogP contribution in [0.1, 0.15) is 59.8 Å². The second kappa shape index (κ2) is 30.3. The Morgan fingerprint density at radius 1 is 0.673 bits per heavy atom. The molecule has 0 aliphatic carbocycles. The summed E-state index contributed by atoms with van der Waals surface area (Å²) in [5.41, 5.74) is 5.06. The SMILES string of the molecule is C.CCC(=O)O.[B][C@@H]1C[C@H](O)[C@H](CO)O1.[B][C@@H]1C[C@H](O)[C@H](COP)O1.[B][C@@H]1C[C@H](OC(=O)CC)[C@H](COP)O1.[B][C@@H]1C[C@H](OC(=O)CN)[C@H](CO)O1. The molecule has 7 N–H and O–H groups in total. The third kappa shape index (κ3) is 22.5. The van der Waals surface area contributed by atoms with Gasteiger partial charge in [-0.15, -0.1) is 0 Å². The van der Waals surface area contributed by atoms with Gasteiger partial charge in [0, 0.05) is 68.6 Å². The van der Waals surface area contributed by atoms with Crippen LogP contribution in [-0.2, 0) is 51.9 Å². The van der Waals surface area contributed by atoms with Crippen molar-refractivity contribution in [2.24, 2.45) is 5.73 Å². The van der Waals surface area contributed by atoms with Crippen LogP contribution in [0, 0.1) is 0 Å². The van der Waals surface area contributed by atoms with Gasteiger partial charge in [0.15, 0.2) is 0 Å². The van der Waals surface area contributed by atoms with Crippen molar-refractivity contribution < 1.29 is 77.4 Å². The molecule has 17 nitrogen and oxygen atoms in total. The summed E-state index contributed by atoms with van der Waals surface area (Å²) < 4.78 is 40.1. The maximum Gasteiger partial charge on any atom is 0.320 e. The summed E-state index contributed by atoms with van der Waals surface area (Å²) in [4.78, 5) is 31.2. The van der Waals surface area contributed by atoms with E-state index < -0.39 is 54.5 Å². The molecular formula is C29H55B4NO16P2. The van der Waals surface area contributed by atoms with Crippen molar-refractivity contribution in [2.45, 2.75) is 133 Å². The molecule has 0 spiro atoms. The highest BCUT2D eigenvalue weighted by atomic mass is 31.0. The molecule has 4 heterocycles. The van der Waals surface area contributed by atoms with Gasteiger partial charge in [0.1, 0.15) is 68.0 Å². The molecule has 4 rings (SSSR count). The van der Waals surface area contributed by atoms with Crippen LogP contribution in [-0.4, -0.2) is 181 Å². The average Bonchev–Trinajstić information content (AvgIpc) is 3.82. The van der Waals surface area contributed by atoms with Gasteiger partial charge in [0.2, 0.25) is 0 Å². The summed E-state index contributed by atoms with van der Waals surface area (Å²) in [6, 6.07) is -1.58. The molecule has 0 amide bonds. The Balaban J connectivity index is 0. The van der Waals surface area contributed by atoms with E-state index in [-0.39, 0.29) is 69.9 Å². The van der Waals surface area contributed by atoms with Crippen molar-refractivity contribution in [1.82, 2.24) is 0 Å². The summed E-state index contributed by atoms with van der Waals surface area (Å²) in [5.74, 6) is -1.49. The lowest BCUT2D eigenvalue weighted by Gasteiger charge is -2.17. The number of aliphatic hydroxyl groups is 4. The number of esters is 2. The van der Waals surface area contributed by atoms with Gasteiger partial charge < -0.3 is 68.7 Å². The van der Waals surface area contributed by atoms with Crippen molar-refractivity contribution in [3.63, 3.8) is 0 Å². The lowest BCUT2D eigenvalue weighted by atomic mass is 9.96. The summed E-state index contributed by atoms with van der Waals surface area (Å²) in [7, 11) is 26.0. The van der Waals surface area contributed by atoms with Gasteiger partial charge in [0.25, 0.3) is 0 Å². The molecule has 8 radical (unpaired) electrons. The highest BCUT2D eigenvalue weighted by Crippen LogP contribution is 2.23. The fourth-order valence-electron chi connectivity index (χ4n) is 4.55. The quantitative estimate of drug-likeness (QED) is 0.0734. The van der Waals surface area contributed by atoms with Gasteiger partial charge in [-0.3, -0.25) is 14.4 Å². The number of ether oxygens (including phenoxy) is 6. The number of aliphatic hydroxyl groups excluding tert-OH is 4. The summed E-state index contributed by atoms with van der Waals surface area (Å²) in [5, 5.41) is 43.3. The Hall–Kier alpha value is -0.910. The smallest absolute Gasteiger partial charge is 0.320 e. The Kier molecular flexibility index (Phi) is 31.0. The fourth-order valence-corrected chi connectivity index (χ4v) is 4.93. The van der Waals surface area contributed by atoms with Crippen LogP contribution >= 0.6 is 18.9 Å². The van der Waals surface area contributed by atoms with Crippen molar-refractivity contribution in [2.75, 3.05) is 33.0 Å². The van der Waals surface area contributed by atoms with E-state index in [0.29, 0.717) is 45.3 Å². The average molecular weight is 779 g/mol. The van der Waals surface area contributed by atoms with Crippen LogP contribution in [0.25, 0.3) is 0 Å². The van der Waals surface area contributed by atoms with Crippen LogP contribution in [0.5, 0.6) is 0 Å². The topological polar surface area (TPSA) is 252 Å². The summed E-state index contributed by atoms with van der Waals surface area (Å²) in [6.07, 6.45) is -0.892. The van der Waals surface area contributed by atoms with Gasteiger partial charge in [-0.1, -0.05) is 21.3 Å². The Morgan fingerprint density at radius 3 is 1.38 bits per heavy atom. The normalized spacial score (nSPS) is 32.9. The minimum Gasteiger partial charge on any atom is -0.481 e. The zero-order chi connectivity index (χ0) is 39.1. The zero-order valence-electron chi connectivity index (χ0n) is 29.0. The molecule has 0 aromatic carbocycles. The molecule has 294 valence electrons. The number of carbonyl (C=O) groups is 3. The van der Waals surface area contributed by atoms with Crippen molar-refractivity contribution in [3.8, 4) is 0 Å². The predicted molar refractivity (Wildman–Crippen MR) is 197 cm³/mol. The van der Waals surface area contributed by atoms with Gasteiger partial charge in [-0.2, -0.15) is 0 Å². The maximum atomic E-state index is 11.1. The van der Waals surface area contributed by atoms with Crippen LogP contribution < -0.4 is 5.73 Å². The molecule has 4 aliphatic rings. The number of nitrogens with two attached hydrogens (primary N) is 1. The Morgan fingerprint density at radius 2 is 1.04 bits per heavy atom. The molecule has 23 heteroatoms. The molecule has 0 aromatic heterocycles. The highest BCUT2D eigenvalue weighted by Gasteiger charge is 2.36. The van der Waals surface area contributed by atoms with Crippen molar-refractivity contribution in [3.05, 3.63) is 0 Å². The van der Waals surface area contributed by atoms with E-state index in [1.807, 2.05) is 0 Å². The molecule has 4 fully saturated rings. The van der Waals surface area contributed by atoms with E-state index in [4.69, 9.17) is 95.0 Å². The van der Waals surface area contributed by atoms with Gasteiger partial charge in [-0.05, 0) is 12.8 Å². The Bertz CT molecular complexity index is 973. The minimum absolute atomic E-state index is 0. The van der Waals surface area contributed by atoms with Crippen LogP contribution in [0.3, 0.4) is 0 Å². The third-order valence-corrected chi connectivity index (χ3v) is 7.55. The van der Waals surface area contributed by atoms with Crippen LogP contribution in [0.2, 0.25) is 0 Å². The van der Waals surface area contributed by atoms with Crippen molar-refractivity contribution in [1.29, 1.82) is 0 Å². The summed E-state index contributed by atoms with van der Waals surface area (Å²) in [6.45, 7) is 3.54. The first-order valence-electron chi connectivity index (χ1n) is 16.2. The molecule has 4 saturated heterocycles. The van der Waals surface area contributed by atoms with Crippen LogP contribution in [0.15, 0.2) is 0 Å². The number of hydrogen-bond acceptors (Lipinski definition) is 16. The van der Waals surface area contributed by atoms with E-state index >= 15 is 0 Å². The lowest BCUT2D eigenvalue weighted by molar-refractivity contribution is -0.152. The van der Waals surface area contributed by atoms with Gasteiger partial charge in [-0.25, -0.2) is 0 Å². The number of carboxylic acids is 1. The standard InChI is InChI=1S/C8H14BO4P.C7H12BNO4.C5H10BO3P.C5H9BO3.C3H6O2.CH4/c1-2-8(10)13-5-3-7(9)12-6(5)4-11-14;8-6-1-4(5(3-10)12-6)13-7(11)2-9;6-5-1-3(7)4(9-5)2-8-10;6-5-1-3(8)4(2-7)9-5;1-2-3(4)5;/h5-7H,2-4,14H2,1H3;4-6,10H,1-3,9H2;3-5,7H,1-2,10H2;3-5,7-8H,1-2H2;2H2,1H3,(H,4,5);1H4/t5-,6-,7-;4-,5-,6-;2*3-,4-,5-;;/m0000../s1. The second-order valence-corrected chi connectivity index (χ2v) is 12.0. The third-order valence-electron chi connectivity index (χ3n) is 7.17. The monoisotopic (exact) mass is 779 g/mol. The maximum absolute atomic E-state index is 11.1. The molecule has 52 heavy (non-hydrogen) atoms. The van der Waals surface area contributed by atoms with E-state index in [2.05, 4.69) is 18.9 Å². The molecule has 0 saturated carbocycles. The number of aliphatic carboxylic acids is 1.